The number of anilines is 1. The molecule has 19 heteroatoms. The molecule has 16 nitrogen and oxygen atoms in total. The Labute approximate surface area is 206 Å². The van der Waals surface area contributed by atoms with Crippen LogP contribution in [0.2, 0.25) is 0 Å². The number of fused-ring (bicyclic) bond motifs is 1. The minimum Gasteiger partial charge on any atom is -0.790 e. The quantitative estimate of drug-likeness (QED) is 0.284. The number of nitrogens with one attached hydrogen (secondary N) is 1. The van der Waals surface area contributed by atoms with Crippen molar-refractivity contribution in [2.75, 3.05) is 12.3 Å². The number of aromatic nitrogens is 4. The second kappa shape index (κ2) is 14.2. The van der Waals surface area contributed by atoms with Gasteiger partial charge in [0.25, 0.3) is 5.56 Å². The van der Waals surface area contributed by atoms with Gasteiger partial charge in [0.05, 0.1) is 26.9 Å². The zero-order valence-electron chi connectivity index (χ0n) is 15.5. The Kier molecular flexibility index (Phi) is 17.8. The Balaban J connectivity index is -0.000000521. The molecular formula is C10H20N5Na2O11P. The van der Waals surface area contributed by atoms with Crippen LogP contribution in [-0.2, 0) is 13.8 Å². The van der Waals surface area contributed by atoms with Gasteiger partial charge in [-0.2, -0.15) is 4.98 Å². The number of rotatable bonds is 4. The van der Waals surface area contributed by atoms with Gasteiger partial charge in [0.1, 0.15) is 12.3 Å². The Morgan fingerprint density at radius 1 is 1.34 bits per heavy atom. The fourth-order valence-corrected chi connectivity index (χ4v) is 2.68. The molecule has 0 saturated carbocycles. The van der Waals surface area contributed by atoms with Gasteiger partial charge in [-0.3, -0.25) is 14.3 Å². The SMILES string of the molecule is Nc1nc2c(ncn2[C@H]2C[C@H](O)[C@@H](COP(=O)([O-])[O-])O2)c(=O)[nH]1.O.O.O.O.[Na+].[Na+]. The number of nitrogens with zero attached hydrogens (tertiary/aromatic N) is 3. The second-order valence-corrected chi connectivity index (χ2v) is 6.10. The molecule has 1 aliphatic heterocycles. The predicted octanol–water partition coefficient (Wildman–Crippen LogP) is -12.1. The summed E-state index contributed by atoms with van der Waals surface area (Å²) in [7, 11) is -5.16. The van der Waals surface area contributed by atoms with Gasteiger partial charge in [-0.25, -0.2) is 4.98 Å². The molecule has 158 valence electrons. The molecule has 2 aromatic rings. The maximum atomic E-state index is 11.7. The fourth-order valence-electron chi connectivity index (χ4n) is 2.35. The van der Waals surface area contributed by atoms with Crippen LogP contribution in [0.15, 0.2) is 11.1 Å². The zero-order valence-corrected chi connectivity index (χ0v) is 20.4. The van der Waals surface area contributed by atoms with Crippen LogP contribution < -0.4 is 80.2 Å². The summed E-state index contributed by atoms with van der Waals surface area (Å²) < 4.78 is 21.5. The van der Waals surface area contributed by atoms with Crippen LogP contribution in [0.1, 0.15) is 12.6 Å². The smallest absolute Gasteiger partial charge is 0.790 e. The number of aromatic amines is 1. The first-order valence-electron chi connectivity index (χ1n) is 6.47. The molecule has 2 aromatic heterocycles. The molecule has 1 fully saturated rings. The van der Waals surface area contributed by atoms with Crippen LogP contribution in [0.4, 0.5) is 5.95 Å². The third-order valence-corrected chi connectivity index (χ3v) is 3.83. The summed E-state index contributed by atoms with van der Waals surface area (Å²) in [5.41, 5.74) is 5.16. The molecule has 1 aliphatic rings. The van der Waals surface area contributed by atoms with Crippen LogP contribution in [0.25, 0.3) is 11.2 Å². The molecule has 0 spiro atoms. The molecule has 0 bridgehead atoms. The van der Waals surface area contributed by atoms with Crippen molar-refractivity contribution in [3.05, 3.63) is 16.7 Å². The molecule has 3 rings (SSSR count). The Morgan fingerprint density at radius 2 is 1.93 bits per heavy atom. The number of ether oxygens (including phenoxy) is 1. The third kappa shape index (κ3) is 8.58. The van der Waals surface area contributed by atoms with Crippen molar-refractivity contribution in [2.24, 2.45) is 0 Å². The van der Waals surface area contributed by atoms with E-state index in [9.17, 15) is 24.3 Å². The van der Waals surface area contributed by atoms with Gasteiger partial charge in [-0.1, -0.05) is 0 Å². The van der Waals surface area contributed by atoms with Crippen LogP contribution in [-0.4, -0.2) is 65.3 Å². The summed E-state index contributed by atoms with van der Waals surface area (Å²) in [6.45, 7) is -0.606. The summed E-state index contributed by atoms with van der Waals surface area (Å²) in [6.07, 6.45) is -1.50. The Bertz CT molecular complexity index is 845. The number of phosphoric ester groups is 1. The number of aliphatic hydroxyl groups is 1. The van der Waals surface area contributed by atoms with Crippen LogP contribution >= 0.6 is 7.82 Å². The standard InChI is InChI=1S/C10H14N5O7P.2Na.4H2O/c11-10-13-8-7(9(17)14-10)12-3-15(8)6-1-4(16)5(22-6)2-21-23(18,19)20;;;;;;/h3-6,16H,1-2H2,(H2,18,19,20)(H3,11,13,14,17);;;4*1H2/q;2*+1;;;;/p-2/t4-,5+,6+;;;;;;/m0....../s1. The van der Waals surface area contributed by atoms with E-state index >= 15 is 0 Å². The molecule has 3 heterocycles. The first-order chi connectivity index (χ1) is 10.7. The van der Waals surface area contributed by atoms with Gasteiger partial charge in [-0.05, 0) is 0 Å². The first-order valence-corrected chi connectivity index (χ1v) is 7.93. The number of nitrogens with two attached hydrogens (primary N) is 1. The van der Waals surface area contributed by atoms with Crippen molar-refractivity contribution in [3.8, 4) is 0 Å². The summed E-state index contributed by atoms with van der Waals surface area (Å²) in [5, 5.41) is 9.89. The van der Waals surface area contributed by atoms with Crippen LogP contribution in [0.5, 0.6) is 0 Å². The van der Waals surface area contributed by atoms with Gasteiger partial charge < -0.3 is 56.4 Å². The van der Waals surface area contributed by atoms with Gasteiger partial charge in [0, 0.05) is 6.42 Å². The van der Waals surface area contributed by atoms with Gasteiger partial charge >= 0.3 is 59.1 Å². The average Bonchev–Trinajstić information content (AvgIpc) is 2.99. The van der Waals surface area contributed by atoms with Gasteiger partial charge in [-0.15, -0.1) is 0 Å². The maximum absolute atomic E-state index is 11.7. The number of nitrogen functional groups attached to an aromatic ring is 1. The van der Waals surface area contributed by atoms with Crippen LogP contribution in [0, 0.1) is 0 Å². The molecule has 0 aromatic carbocycles. The van der Waals surface area contributed by atoms with E-state index in [-0.39, 0.29) is 105 Å². The number of hydrogen-bond acceptors (Lipinski definition) is 10. The maximum Gasteiger partial charge on any atom is 1.00 e. The Hall–Kier alpha value is 0.0200. The van der Waals surface area contributed by atoms with E-state index in [2.05, 4.69) is 19.5 Å². The van der Waals surface area contributed by atoms with Crippen molar-refractivity contribution in [3.63, 3.8) is 0 Å². The molecule has 0 amide bonds. The van der Waals surface area contributed by atoms with Gasteiger partial charge in [0.15, 0.2) is 11.2 Å². The van der Waals surface area contributed by atoms with E-state index < -0.39 is 38.4 Å². The minimum absolute atomic E-state index is 0. The summed E-state index contributed by atoms with van der Waals surface area (Å²) in [6, 6.07) is 0. The topological polar surface area (TPSA) is 317 Å². The van der Waals surface area contributed by atoms with Crippen molar-refractivity contribution in [1.82, 2.24) is 19.5 Å². The van der Waals surface area contributed by atoms with E-state index in [4.69, 9.17) is 10.5 Å². The van der Waals surface area contributed by atoms with Crippen molar-refractivity contribution in [2.45, 2.75) is 24.9 Å². The molecule has 1 saturated heterocycles. The molecule has 3 atom stereocenters. The van der Waals surface area contributed by atoms with E-state index in [0.29, 0.717) is 0 Å². The number of H-pyrrole nitrogens is 1. The first kappa shape index (κ1) is 36.4. The van der Waals surface area contributed by atoms with Crippen molar-refractivity contribution < 1.29 is 110 Å². The second-order valence-electron chi connectivity index (χ2n) is 4.95. The van der Waals surface area contributed by atoms with Crippen LogP contribution in [0.3, 0.4) is 0 Å². The van der Waals surface area contributed by atoms with Crippen molar-refractivity contribution in [1.29, 1.82) is 0 Å². The number of aliphatic hydroxyl groups excluding tert-OH is 1. The number of imidazole rings is 1. The third-order valence-electron chi connectivity index (χ3n) is 3.36. The Morgan fingerprint density at radius 3 is 2.48 bits per heavy atom. The molecule has 0 aliphatic carbocycles. The molecule has 0 unspecified atom stereocenters. The molecule has 0 radical (unpaired) electrons. The van der Waals surface area contributed by atoms with Gasteiger partial charge in [0.2, 0.25) is 5.95 Å². The predicted molar refractivity (Wildman–Crippen MR) is 85.1 cm³/mol. The average molecular weight is 463 g/mol. The largest absolute Gasteiger partial charge is 1.00 e. The van der Waals surface area contributed by atoms with E-state index in [1.54, 1.807) is 0 Å². The fraction of sp³-hybridized carbons (Fsp3) is 0.500. The van der Waals surface area contributed by atoms with E-state index in [1.165, 1.54) is 10.9 Å². The monoisotopic (exact) mass is 463 g/mol. The number of phosphoric acid groups is 1. The molecule has 29 heavy (non-hydrogen) atoms. The normalized spacial score (nSPS) is 20.0. The summed E-state index contributed by atoms with van der Waals surface area (Å²) >= 11 is 0. The zero-order chi connectivity index (χ0) is 16.8. The minimum atomic E-state index is -5.16. The van der Waals surface area contributed by atoms with E-state index in [1.807, 2.05) is 0 Å². The van der Waals surface area contributed by atoms with E-state index in [0.717, 1.165) is 0 Å². The summed E-state index contributed by atoms with van der Waals surface area (Å²) in [4.78, 5) is 42.8. The summed E-state index contributed by atoms with van der Waals surface area (Å²) in [5.74, 6) is -0.110. The molecule has 12 N–H and O–H groups in total. The number of hydrogen-bond donors (Lipinski definition) is 3. The van der Waals surface area contributed by atoms with Crippen molar-refractivity contribution >= 4 is 24.9 Å². The molecular weight excluding hydrogens is 443 g/mol.